The van der Waals surface area contributed by atoms with E-state index >= 15 is 0 Å². The summed E-state index contributed by atoms with van der Waals surface area (Å²) in [6.45, 7) is 10.5. The summed E-state index contributed by atoms with van der Waals surface area (Å²) in [6, 6.07) is 0. The Hall–Kier alpha value is -1.47. The van der Waals surface area contributed by atoms with Crippen molar-refractivity contribution in [3.05, 3.63) is 11.6 Å². The molecule has 1 N–H and O–H groups in total. The lowest BCUT2D eigenvalue weighted by atomic mass is 9.98. The molecule has 1 aliphatic heterocycles. The quantitative estimate of drug-likeness (QED) is 0.810. The molecule has 7 nitrogen and oxygen atoms in total. The molecule has 1 aromatic rings. The Balaban J connectivity index is 1.75. The Morgan fingerprint density at radius 2 is 2.04 bits per heavy atom. The molecule has 0 aromatic carbocycles. The summed E-state index contributed by atoms with van der Waals surface area (Å²) in [7, 11) is 0. The van der Waals surface area contributed by atoms with E-state index in [1.165, 1.54) is 12.8 Å². The molecule has 1 aliphatic carbocycles. The number of nitrogens with zero attached hydrogens (tertiary/aromatic N) is 4. The monoisotopic (exact) mass is 349 g/mol. The molecule has 1 amide bonds. The van der Waals surface area contributed by atoms with E-state index in [0.717, 1.165) is 44.1 Å². The number of hydrogen-bond donors (Lipinski definition) is 1. The number of fused-ring (bicyclic) bond motifs is 1. The number of carbonyl (C=O) groups excluding carboxylic acids is 1. The summed E-state index contributed by atoms with van der Waals surface area (Å²) in [5.74, 6) is 2.16. The molecule has 1 unspecified atom stereocenters. The van der Waals surface area contributed by atoms with Crippen LogP contribution in [-0.4, -0.2) is 58.4 Å². The second-order valence-corrected chi connectivity index (χ2v) is 7.34. The van der Waals surface area contributed by atoms with Crippen LogP contribution >= 0.6 is 0 Å². The van der Waals surface area contributed by atoms with Gasteiger partial charge in [-0.15, -0.1) is 10.2 Å². The van der Waals surface area contributed by atoms with Gasteiger partial charge in [-0.05, 0) is 32.9 Å². The van der Waals surface area contributed by atoms with Crippen molar-refractivity contribution >= 4 is 5.91 Å². The fraction of sp³-hybridized carbons (Fsp3) is 0.833. The van der Waals surface area contributed by atoms with Crippen molar-refractivity contribution in [1.82, 2.24) is 25.0 Å². The van der Waals surface area contributed by atoms with Gasteiger partial charge in [0.15, 0.2) is 5.82 Å². The van der Waals surface area contributed by atoms with Gasteiger partial charge in [-0.1, -0.05) is 26.7 Å². The van der Waals surface area contributed by atoms with Gasteiger partial charge in [0.25, 0.3) is 0 Å². The largest absolute Gasteiger partial charge is 0.370 e. The summed E-state index contributed by atoms with van der Waals surface area (Å²) in [5.41, 5.74) is -0.766. The van der Waals surface area contributed by atoms with Crippen molar-refractivity contribution in [2.45, 2.75) is 64.5 Å². The number of nitrogens with one attached hydrogen (secondary N) is 1. The minimum atomic E-state index is -0.766. The number of carbonyl (C=O) groups is 1. The van der Waals surface area contributed by atoms with E-state index in [2.05, 4.69) is 38.8 Å². The molecule has 2 aliphatic rings. The Bertz CT molecular complexity index is 592. The van der Waals surface area contributed by atoms with Gasteiger partial charge in [0.1, 0.15) is 18.0 Å². The summed E-state index contributed by atoms with van der Waals surface area (Å²) in [6.07, 6.45) is 4.74. The van der Waals surface area contributed by atoms with Crippen LogP contribution in [0.4, 0.5) is 0 Å². The first-order valence-electron chi connectivity index (χ1n) is 9.63. The fourth-order valence-corrected chi connectivity index (χ4v) is 4.04. The van der Waals surface area contributed by atoms with E-state index in [4.69, 9.17) is 4.74 Å². The summed E-state index contributed by atoms with van der Waals surface area (Å²) in [5, 5.41) is 11.9. The lowest BCUT2D eigenvalue weighted by Gasteiger charge is -2.36. The molecule has 1 aromatic heterocycles. The van der Waals surface area contributed by atoms with Gasteiger partial charge >= 0.3 is 0 Å². The average molecular weight is 349 g/mol. The third-order valence-corrected chi connectivity index (χ3v) is 5.68. The van der Waals surface area contributed by atoms with Crippen LogP contribution in [0.15, 0.2) is 0 Å². The van der Waals surface area contributed by atoms with E-state index in [1.54, 1.807) is 0 Å². The summed E-state index contributed by atoms with van der Waals surface area (Å²) >= 11 is 0. The maximum absolute atomic E-state index is 13.0. The minimum absolute atomic E-state index is 0.000321. The predicted octanol–water partition coefficient (Wildman–Crippen LogP) is 1.64. The highest BCUT2D eigenvalue weighted by Gasteiger charge is 2.43. The first kappa shape index (κ1) is 18.3. The van der Waals surface area contributed by atoms with E-state index in [-0.39, 0.29) is 5.91 Å². The first-order chi connectivity index (χ1) is 12.1. The maximum Gasteiger partial charge on any atom is 0.248 e. The highest BCUT2D eigenvalue weighted by atomic mass is 16.5. The number of ether oxygens (including phenoxy) is 1. The van der Waals surface area contributed by atoms with Gasteiger partial charge in [0.05, 0.1) is 6.61 Å². The van der Waals surface area contributed by atoms with Gasteiger partial charge in [-0.2, -0.15) is 0 Å². The molecule has 0 radical (unpaired) electrons. The van der Waals surface area contributed by atoms with Gasteiger partial charge in [-0.25, -0.2) is 0 Å². The second-order valence-electron chi connectivity index (χ2n) is 7.34. The molecule has 25 heavy (non-hydrogen) atoms. The molecule has 0 saturated heterocycles. The zero-order valence-corrected chi connectivity index (χ0v) is 15.8. The predicted molar refractivity (Wildman–Crippen MR) is 95.3 cm³/mol. The number of aromatic nitrogens is 3. The third-order valence-electron chi connectivity index (χ3n) is 5.68. The van der Waals surface area contributed by atoms with E-state index < -0.39 is 5.54 Å². The SMILES string of the molecule is CCN(CC)CCNC(=O)C1(C)COCc2nnc(C3CCCC3)n21. The van der Waals surface area contributed by atoms with Gasteiger partial charge in [-0.3, -0.25) is 9.36 Å². The van der Waals surface area contributed by atoms with Gasteiger partial charge in [0.2, 0.25) is 5.91 Å². The lowest BCUT2D eigenvalue weighted by Crippen LogP contribution is -2.54. The minimum Gasteiger partial charge on any atom is -0.370 e. The molecular formula is C18H31N5O2. The molecule has 7 heteroatoms. The molecule has 3 rings (SSSR count). The molecule has 2 heterocycles. The number of likely N-dealkylation sites (N-methyl/N-ethyl adjacent to an activating group) is 1. The van der Waals surface area contributed by atoms with E-state index in [0.29, 0.717) is 25.7 Å². The molecular weight excluding hydrogens is 318 g/mol. The van der Waals surface area contributed by atoms with Crippen LogP contribution < -0.4 is 5.32 Å². The van der Waals surface area contributed by atoms with Crippen LogP contribution in [0.25, 0.3) is 0 Å². The van der Waals surface area contributed by atoms with Crippen molar-refractivity contribution in [3.63, 3.8) is 0 Å². The van der Waals surface area contributed by atoms with Crippen molar-refractivity contribution in [2.24, 2.45) is 0 Å². The standard InChI is InChI=1S/C18H31N5O2/c1-4-22(5-2)11-10-19-17(24)18(3)13-25-12-15-20-21-16(23(15)18)14-8-6-7-9-14/h14H,4-13H2,1-3H3,(H,19,24). The topological polar surface area (TPSA) is 72.3 Å². The van der Waals surface area contributed by atoms with Crippen LogP contribution in [0.1, 0.15) is 64.0 Å². The lowest BCUT2D eigenvalue weighted by molar-refractivity contribution is -0.135. The molecule has 1 saturated carbocycles. The van der Waals surface area contributed by atoms with E-state index in [9.17, 15) is 4.79 Å². The van der Waals surface area contributed by atoms with Crippen LogP contribution in [0.2, 0.25) is 0 Å². The zero-order valence-electron chi connectivity index (χ0n) is 15.8. The Labute approximate surface area is 150 Å². The maximum atomic E-state index is 13.0. The highest BCUT2D eigenvalue weighted by molar-refractivity contribution is 5.84. The van der Waals surface area contributed by atoms with E-state index in [1.807, 2.05) is 6.92 Å². The van der Waals surface area contributed by atoms with Crippen molar-refractivity contribution in [3.8, 4) is 0 Å². The normalized spacial score (nSPS) is 23.8. The fourth-order valence-electron chi connectivity index (χ4n) is 4.04. The molecule has 1 fully saturated rings. The third kappa shape index (κ3) is 3.58. The zero-order chi connectivity index (χ0) is 17.9. The Kier molecular flexibility index (Phi) is 5.74. The van der Waals surface area contributed by atoms with Crippen LogP contribution in [0.3, 0.4) is 0 Å². The first-order valence-corrected chi connectivity index (χ1v) is 9.63. The Morgan fingerprint density at radius 1 is 1.32 bits per heavy atom. The average Bonchev–Trinajstić information content (AvgIpc) is 3.28. The molecule has 0 bridgehead atoms. The molecule has 140 valence electrons. The van der Waals surface area contributed by atoms with Crippen LogP contribution in [-0.2, 0) is 21.7 Å². The van der Waals surface area contributed by atoms with Crippen molar-refractivity contribution in [1.29, 1.82) is 0 Å². The highest BCUT2D eigenvalue weighted by Crippen LogP contribution is 2.37. The second kappa shape index (κ2) is 7.83. The smallest absolute Gasteiger partial charge is 0.248 e. The Morgan fingerprint density at radius 3 is 2.72 bits per heavy atom. The molecule has 0 spiro atoms. The summed E-state index contributed by atoms with van der Waals surface area (Å²) < 4.78 is 7.75. The number of hydrogen-bond acceptors (Lipinski definition) is 5. The van der Waals surface area contributed by atoms with Crippen LogP contribution in [0, 0.1) is 0 Å². The number of rotatable bonds is 7. The van der Waals surface area contributed by atoms with Crippen molar-refractivity contribution in [2.75, 3.05) is 32.8 Å². The summed E-state index contributed by atoms with van der Waals surface area (Å²) in [4.78, 5) is 15.3. The van der Waals surface area contributed by atoms with Crippen LogP contribution in [0.5, 0.6) is 0 Å². The van der Waals surface area contributed by atoms with Gasteiger partial charge in [0, 0.05) is 19.0 Å². The van der Waals surface area contributed by atoms with Gasteiger partial charge < -0.3 is 15.0 Å². The molecule has 1 atom stereocenters. The van der Waals surface area contributed by atoms with Crippen molar-refractivity contribution < 1.29 is 9.53 Å². The number of amides is 1.